The average Bonchev–Trinajstić information content (AvgIpc) is 2.71. The third kappa shape index (κ3) is 5.32. The molecule has 0 spiro atoms. The first-order chi connectivity index (χ1) is 13.7. The number of para-hydroxylation sites is 1. The minimum atomic E-state index is 0.270. The molecule has 1 aliphatic carbocycles. The van der Waals surface area contributed by atoms with Gasteiger partial charge in [-0.3, -0.25) is 0 Å². The Morgan fingerprint density at radius 2 is 1.93 bits per heavy atom. The van der Waals surface area contributed by atoms with Gasteiger partial charge in [0, 0.05) is 19.0 Å². The average molecular weight is 395 g/mol. The van der Waals surface area contributed by atoms with Gasteiger partial charge in [-0.25, -0.2) is 0 Å². The van der Waals surface area contributed by atoms with E-state index in [4.69, 9.17) is 9.47 Å². The summed E-state index contributed by atoms with van der Waals surface area (Å²) in [6.45, 7) is 3.34. The standard InChI is InChI=1S/C24H30NO2P/c1-18-9-7-13-21(16-25-2)24(18)28-22-14-8-12-20(23(22)27-17-26-3)15-19-10-5-4-6-11-19/h4-10,12-14,19,25,28H,11,15-17H2,1-3H3. The molecular weight excluding hydrogens is 365 g/mol. The Morgan fingerprint density at radius 3 is 2.68 bits per heavy atom. The molecule has 3 nitrogen and oxygen atoms in total. The van der Waals surface area contributed by atoms with Crippen molar-refractivity contribution in [3.05, 3.63) is 77.4 Å². The smallest absolute Gasteiger partial charge is 0.188 e. The molecule has 0 aromatic heterocycles. The largest absolute Gasteiger partial charge is 0.467 e. The van der Waals surface area contributed by atoms with Gasteiger partial charge in [0.15, 0.2) is 6.79 Å². The van der Waals surface area contributed by atoms with Crippen LogP contribution in [0.3, 0.4) is 0 Å². The Hall–Kier alpha value is -1.93. The van der Waals surface area contributed by atoms with Gasteiger partial charge in [-0.05, 0) is 54.7 Å². The highest BCUT2D eigenvalue weighted by atomic mass is 31.1. The van der Waals surface area contributed by atoms with E-state index < -0.39 is 0 Å². The predicted molar refractivity (Wildman–Crippen MR) is 121 cm³/mol. The second-order valence-electron chi connectivity index (χ2n) is 7.12. The molecule has 0 heterocycles. The van der Waals surface area contributed by atoms with Crippen molar-refractivity contribution in [1.82, 2.24) is 5.32 Å². The second kappa shape index (κ2) is 10.6. The molecule has 0 saturated carbocycles. The minimum Gasteiger partial charge on any atom is -0.467 e. The van der Waals surface area contributed by atoms with Gasteiger partial charge in [0.1, 0.15) is 5.75 Å². The van der Waals surface area contributed by atoms with E-state index in [1.54, 1.807) is 7.11 Å². The van der Waals surface area contributed by atoms with Crippen molar-refractivity contribution in [2.45, 2.75) is 26.3 Å². The number of methoxy groups -OCH3 is 1. The summed E-state index contributed by atoms with van der Waals surface area (Å²) >= 11 is 0. The maximum atomic E-state index is 6.10. The maximum absolute atomic E-state index is 6.10. The van der Waals surface area contributed by atoms with Crippen LogP contribution in [0, 0.1) is 12.8 Å². The van der Waals surface area contributed by atoms with Crippen LogP contribution < -0.4 is 20.7 Å². The zero-order valence-corrected chi connectivity index (χ0v) is 18.0. The first kappa shape index (κ1) is 20.8. The third-order valence-electron chi connectivity index (χ3n) is 4.96. The molecule has 0 saturated heterocycles. The number of allylic oxidation sites excluding steroid dienone is 4. The number of hydrogen-bond acceptors (Lipinski definition) is 3. The Labute approximate surface area is 170 Å². The zero-order chi connectivity index (χ0) is 19.8. The summed E-state index contributed by atoms with van der Waals surface area (Å²) in [5, 5.41) is 5.94. The number of nitrogens with one attached hydrogen (secondary N) is 1. The quantitative estimate of drug-likeness (QED) is 0.514. The van der Waals surface area contributed by atoms with Gasteiger partial charge in [0.05, 0.1) is 0 Å². The number of ether oxygens (including phenoxy) is 2. The number of aryl methyl sites for hydroxylation is 1. The van der Waals surface area contributed by atoms with E-state index in [1.807, 2.05) is 7.05 Å². The molecule has 3 rings (SSSR count). The highest BCUT2D eigenvalue weighted by Gasteiger charge is 2.16. The molecule has 148 valence electrons. The summed E-state index contributed by atoms with van der Waals surface area (Å²) in [5.74, 6) is 1.51. The lowest BCUT2D eigenvalue weighted by Gasteiger charge is -2.20. The molecule has 2 aromatic carbocycles. The SMILES string of the molecule is CNCc1cccc(C)c1Pc1cccc(CC2C=CC=CC2)c1OCOC. The highest BCUT2D eigenvalue weighted by molar-refractivity contribution is 7.56. The molecular formula is C24H30NO2P. The lowest BCUT2D eigenvalue weighted by atomic mass is 9.93. The third-order valence-corrected chi connectivity index (χ3v) is 6.58. The monoisotopic (exact) mass is 395 g/mol. The van der Waals surface area contributed by atoms with E-state index in [2.05, 4.69) is 72.9 Å². The lowest BCUT2D eigenvalue weighted by Crippen LogP contribution is -2.19. The van der Waals surface area contributed by atoms with Crippen LogP contribution in [0.4, 0.5) is 0 Å². The van der Waals surface area contributed by atoms with Crippen LogP contribution in [0.5, 0.6) is 5.75 Å². The number of benzene rings is 2. The Morgan fingerprint density at radius 1 is 1.11 bits per heavy atom. The van der Waals surface area contributed by atoms with Gasteiger partial charge in [-0.15, -0.1) is 0 Å². The van der Waals surface area contributed by atoms with E-state index in [1.165, 1.54) is 27.3 Å². The fraction of sp³-hybridized carbons (Fsp3) is 0.333. The summed E-state index contributed by atoms with van der Waals surface area (Å²) in [6.07, 6.45) is 10.9. The van der Waals surface area contributed by atoms with Crippen molar-refractivity contribution >= 4 is 19.2 Å². The van der Waals surface area contributed by atoms with Crippen LogP contribution in [0.25, 0.3) is 0 Å². The topological polar surface area (TPSA) is 30.5 Å². The molecule has 28 heavy (non-hydrogen) atoms. The minimum absolute atomic E-state index is 0.270. The van der Waals surface area contributed by atoms with Crippen molar-refractivity contribution in [1.29, 1.82) is 0 Å². The van der Waals surface area contributed by atoms with Gasteiger partial charge < -0.3 is 14.8 Å². The van der Waals surface area contributed by atoms with Crippen molar-refractivity contribution in [3.8, 4) is 5.75 Å². The summed E-state index contributed by atoms with van der Waals surface area (Å²) in [7, 11) is 4.22. The van der Waals surface area contributed by atoms with Gasteiger partial charge in [-0.1, -0.05) is 69.3 Å². The van der Waals surface area contributed by atoms with Crippen LogP contribution in [-0.2, 0) is 17.7 Å². The predicted octanol–water partition coefficient (Wildman–Crippen LogP) is 4.00. The summed E-state index contributed by atoms with van der Waals surface area (Å²) < 4.78 is 11.3. The first-order valence-electron chi connectivity index (χ1n) is 9.80. The first-order valence-corrected chi connectivity index (χ1v) is 10.8. The maximum Gasteiger partial charge on any atom is 0.188 e. The van der Waals surface area contributed by atoms with Crippen molar-refractivity contribution in [2.75, 3.05) is 21.0 Å². The van der Waals surface area contributed by atoms with Crippen LogP contribution in [0.1, 0.15) is 23.1 Å². The van der Waals surface area contributed by atoms with Gasteiger partial charge in [0.25, 0.3) is 0 Å². The number of hydrogen-bond donors (Lipinski definition) is 1. The van der Waals surface area contributed by atoms with Crippen molar-refractivity contribution in [2.24, 2.45) is 5.92 Å². The van der Waals surface area contributed by atoms with Crippen LogP contribution in [0.15, 0.2) is 60.7 Å². The molecule has 1 aliphatic rings. The van der Waals surface area contributed by atoms with Gasteiger partial charge >= 0.3 is 0 Å². The molecule has 4 heteroatoms. The molecule has 0 bridgehead atoms. The molecule has 0 radical (unpaired) electrons. The highest BCUT2D eigenvalue weighted by Crippen LogP contribution is 2.29. The Balaban J connectivity index is 1.93. The Bertz CT molecular complexity index is 844. The van der Waals surface area contributed by atoms with E-state index in [-0.39, 0.29) is 6.79 Å². The van der Waals surface area contributed by atoms with Crippen molar-refractivity contribution < 1.29 is 9.47 Å². The molecule has 2 unspecified atom stereocenters. The summed E-state index contributed by atoms with van der Waals surface area (Å²) in [6, 6.07) is 13.1. The summed E-state index contributed by atoms with van der Waals surface area (Å²) in [5.41, 5.74) is 3.94. The number of rotatable bonds is 9. The van der Waals surface area contributed by atoms with E-state index >= 15 is 0 Å². The van der Waals surface area contributed by atoms with Crippen molar-refractivity contribution in [3.63, 3.8) is 0 Å². The van der Waals surface area contributed by atoms with Gasteiger partial charge in [0.2, 0.25) is 0 Å². The van der Waals surface area contributed by atoms with Crippen LogP contribution in [0.2, 0.25) is 0 Å². The molecule has 0 amide bonds. The normalized spacial score (nSPS) is 16.2. The van der Waals surface area contributed by atoms with E-state index in [0.29, 0.717) is 14.5 Å². The van der Waals surface area contributed by atoms with E-state index in [0.717, 1.165) is 25.1 Å². The fourth-order valence-electron chi connectivity index (χ4n) is 3.58. The lowest BCUT2D eigenvalue weighted by molar-refractivity contribution is 0.0511. The zero-order valence-electron chi connectivity index (χ0n) is 17.0. The molecule has 0 fully saturated rings. The molecule has 0 aliphatic heterocycles. The molecule has 2 atom stereocenters. The second-order valence-corrected chi connectivity index (χ2v) is 8.41. The molecule has 1 N–H and O–H groups in total. The Kier molecular flexibility index (Phi) is 7.85. The van der Waals surface area contributed by atoms with Crippen LogP contribution in [-0.4, -0.2) is 21.0 Å². The van der Waals surface area contributed by atoms with Crippen LogP contribution >= 0.6 is 8.58 Å². The molecule has 2 aromatic rings. The van der Waals surface area contributed by atoms with E-state index in [9.17, 15) is 0 Å². The van der Waals surface area contributed by atoms with Gasteiger partial charge in [-0.2, -0.15) is 0 Å². The fourth-order valence-corrected chi connectivity index (χ4v) is 4.99. The summed E-state index contributed by atoms with van der Waals surface area (Å²) in [4.78, 5) is 0.